The molecule has 2 heterocycles. The van der Waals surface area contributed by atoms with Crippen molar-refractivity contribution in [1.82, 2.24) is 5.32 Å². The molecule has 0 aromatic heterocycles. The molecule has 0 radical (unpaired) electrons. The van der Waals surface area contributed by atoms with Crippen LogP contribution in [-0.4, -0.2) is 26.4 Å². The topological polar surface area (TPSA) is 39.7 Å². The SMILES string of the molecule is CC(NCCc1ccc2c(c1)OCCO2)c1ccc2c(c1)CCO2. The maximum Gasteiger partial charge on any atom is 0.161 e. The van der Waals surface area contributed by atoms with Crippen LogP contribution in [0, 0.1) is 0 Å². The van der Waals surface area contributed by atoms with Crippen LogP contribution in [0.2, 0.25) is 0 Å². The third-order valence-electron chi connectivity index (χ3n) is 4.68. The molecule has 0 saturated carbocycles. The predicted octanol–water partition coefficient (Wildman–Crippen LogP) is 3.29. The Morgan fingerprint density at radius 1 is 0.917 bits per heavy atom. The van der Waals surface area contributed by atoms with E-state index in [1.54, 1.807) is 0 Å². The summed E-state index contributed by atoms with van der Waals surface area (Å²) < 4.78 is 16.8. The van der Waals surface area contributed by atoms with Crippen molar-refractivity contribution in [3.63, 3.8) is 0 Å². The van der Waals surface area contributed by atoms with Crippen molar-refractivity contribution in [1.29, 1.82) is 0 Å². The fourth-order valence-electron chi connectivity index (χ4n) is 3.27. The van der Waals surface area contributed by atoms with Crippen LogP contribution in [-0.2, 0) is 12.8 Å². The van der Waals surface area contributed by atoms with Crippen molar-refractivity contribution in [2.24, 2.45) is 0 Å². The summed E-state index contributed by atoms with van der Waals surface area (Å²) >= 11 is 0. The Kier molecular flexibility index (Phi) is 4.30. The molecule has 1 N–H and O–H groups in total. The summed E-state index contributed by atoms with van der Waals surface area (Å²) in [4.78, 5) is 0. The molecule has 0 fully saturated rings. The zero-order chi connectivity index (χ0) is 16.4. The average Bonchev–Trinajstić information content (AvgIpc) is 3.09. The van der Waals surface area contributed by atoms with Gasteiger partial charge in [0.1, 0.15) is 19.0 Å². The van der Waals surface area contributed by atoms with E-state index in [0.29, 0.717) is 19.3 Å². The number of rotatable bonds is 5. The first-order valence-electron chi connectivity index (χ1n) is 8.67. The lowest BCUT2D eigenvalue weighted by Gasteiger charge is -2.19. The second-order valence-electron chi connectivity index (χ2n) is 6.37. The highest BCUT2D eigenvalue weighted by Crippen LogP contribution is 2.31. The average molecular weight is 325 g/mol. The highest BCUT2D eigenvalue weighted by molar-refractivity contribution is 5.44. The summed E-state index contributed by atoms with van der Waals surface area (Å²) in [6.45, 7) is 5.21. The van der Waals surface area contributed by atoms with Gasteiger partial charge < -0.3 is 19.5 Å². The van der Waals surface area contributed by atoms with Crippen LogP contribution in [0.25, 0.3) is 0 Å². The molecule has 2 aliphatic rings. The lowest BCUT2D eigenvalue weighted by Crippen LogP contribution is -2.21. The van der Waals surface area contributed by atoms with Crippen molar-refractivity contribution in [2.45, 2.75) is 25.8 Å². The summed E-state index contributed by atoms with van der Waals surface area (Å²) in [5.74, 6) is 2.76. The molecular weight excluding hydrogens is 302 g/mol. The van der Waals surface area contributed by atoms with Gasteiger partial charge in [0, 0.05) is 12.5 Å². The van der Waals surface area contributed by atoms with E-state index in [1.807, 2.05) is 6.07 Å². The van der Waals surface area contributed by atoms with E-state index in [2.05, 4.69) is 42.6 Å². The minimum absolute atomic E-state index is 0.327. The number of benzene rings is 2. The first kappa shape index (κ1) is 15.3. The number of hydrogen-bond acceptors (Lipinski definition) is 4. The van der Waals surface area contributed by atoms with Crippen LogP contribution >= 0.6 is 0 Å². The molecular formula is C20H23NO3. The van der Waals surface area contributed by atoms with E-state index < -0.39 is 0 Å². The normalized spacial score (nSPS) is 16.4. The van der Waals surface area contributed by atoms with E-state index in [0.717, 1.165) is 43.2 Å². The highest BCUT2D eigenvalue weighted by Gasteiger charge is 2.15. The van der Waals surface area contributed by atoms with Crippen LogP contribution in [0.5, 0.6) is 17.2 Å². The molecule has 0 aliphatic carbocycles. The van der Waals surface area contributed by atoms with E-state index in [4.69, 9.17) is 14.2 Å². The third-order valence-corrected chi connectivity index (χ3v) is 4.68. The molecule has 0 saturated heterocycles. The molecule has 2 aromatic rings. The molecule has 0 bridgehead atoms. The molecule has 4 heteroatoms. The van der Waals surface area contributed by atoms with Crippen LogP contribution in [0.15, 0.2) is 36.4 Å². The lowest BCUT2D eigenvalue weighted by molar-refractivity contribution is 0.171. The van der Waals surface area contributed by atoms with Gasteiger partial charge in [0.25, 0.3) is 0 Å². The van der Waals surface area contributed by atoms with Crippen LogP contribution in [0.1, 0.15) is 29.7 Å². The number of ether oxygens (including phenoxy) is 3. The molecule has 1 atom stereocenters. The third kappa shape index (κ3) is 3.20. The summed E-state index contributed by atoms with van der Waals surface area (Å²) in [6, 6.07) is 13.1. The summed E-state index contributed by atoms with van der Waals surface area (Å²) in [7, 11) is 0. The number of fused-ring (bicyclic) bond motifs is 2. The van der Waals surface area contributed by atoms with E-state index in [-0.39, 0.29) is 0 Å². The number of hydrogen-bond donors (Lipinski definition) is 1. The Bertz CT molecular complexity index is 729. The minimum Gasteiger partial charge on any atom is -0.493 e. The number of nitrogens with one attached hydrogen (secondary N) is 1. The minimum atomic E-state index is 0.327. The van der Waals surface area contributed by atoms with Gasteiger partial charge in [0.15, 0.2) is 11.5 Å². The largest absolute Gasteiger partial charge is 0.493 e. The Labute approximate surface area is 142 Å². The Hall–Kier alpha value is -2.20. The molecule has 0 spiro atoms. The first-order chi connectivity index (χ1) is 11.8. The van der Waals surface area contributed by atoms with E-state index in [1.165, 1.54) is 16.7 Å². The van der Waals surface area contributed by atoms with Crippen LogP contribution in [0.4, 0.5) is 0 Å². The fraction of sp³-hybridized carbons (Fsp3) is 0.400. The zero-order valence-corrected chi connectivity index (χ0v) is 14.0. The monoisotopic (exact) mass is 325 g/mol. The van der Waals surface area contributed by atoms with Crippen molar-refractivity contribution in [3.05, 3.63) is 53.1 Å². The van der Waals surface area contributed by atoms with E-state index in [9.17, 15) is 0 Å². The van der Waals surface area contributed by atoms with Gasteiger partial charge in [0.05, 0.1) is 6.61 Å². The summed E-state index contributed by atoms with van der Waals surface area (Å²) in [5, 5.41) is 3.61. The second kappa shape index (κ2) is 6.73. The van der Waals surface area contributed by atoms with Crippen molar-refractivity contribution < 1.29 is 14.2 Å². The van der Waals surface area contributed by atoms with Gasteiger partial charge in [0.2, 0.25) is 0 Å². The van der Waals surface area contributed by atoms with Crippen LogP contribution < -0.4 is 19.5 Å². The van der Waals surface area contributed by atoms with Gasteiger partial charge in [-0.05, 0) is 54.8 Å². The highest BCUT2D eigenvalue weighted by atomic mass is 16.6. The van der Waals surface area contributed by atoms with Crippen molar-refractivity contribution >= 4 is 0 Å². The molecule has 24 heavy (non-hydrogen) atoms. The summed E-state index contributed by atoms with van der Waals surface area (Å²) in [6.07, 6.45) is 1.99. The Balaban J connectivity index is 1.33. The van der Waals surface area contributed by atoms with Crippen molar-refractivity contribution in [3.8, 4) is 17.2 Å². The second-order valence-corrected chi connectivity index (χ2v) is 6.37. The maximum atomic E-state index is 5.65. The molecule has 2 aromatic carbocycles. The van der Waals surface area contributed by atoms with E-state index >= 15 is 0 Å². The molecule has 2 aliphatic heterocycles. The Morgan fingerprint density at radius 3 is 2.62 bits per heavy atom. The predicted molar refractivity (Wildman–Crippen MR) is 93.2 cm³/mol. The van der Waals surface area contributed by atoms with Gasteiger partial charge >= 0.3 is 0 Å². The quantitative estimate of drug-likeness (QED) is 0.916. The van der Waals surface area contributed by atoms with Crippen LogP contribution in [0.3, 0.4) is 0 Å². The summed E-state index contributed by atoms with van der Waals surface area (Å²) in [5.41, 5.74) is 3.91. The maximum absolute atomic E-state index is 5.65. The van der Waals surface area contributed by atoms with Gasteiger partial charge in [-0.25, -0.2) is 0 Å². The molecule has 1 unspecified atom stereocenters. The fourth-order valence-corrected chi connectivity index (χ4v) is 3.27. The molecule has 0 amide bonds. The molecule has 4 nitrogen and oxygen atoms in total. The molecule has 126 valence electrons. The standard InChI is InChI=1S/C20H23NO3/c1-14(16-3-5-18-17(13-16)7-9-22-18)21-8-6-15-2-4-19-20(12-15)24-11-10-23-19/h2-5,12-14,21H,6-11H2,1H3. The van der Waals surface area contributed by atoms with Crippen molar-refractivity contribution in [2.75, 3.05) is 26.4 Å². The first-order valence-corrected chi connectivity index (χ1v) is 8.67. The smallest absolute Gasteiger partial charge is 0.161 e. The Morgan fingerprint density at radius 2 is 1.71 bits per heavy atom. The van der Waals surface area contributed by atoms with Gasteiger partial charge in [-0.3, -0.25) is 0 Å². The zero-order valence-electron chi connectivity index (χ0n) is 14.0. The van der Waals surface area contributed by atoms with Gasteiger partial charge in [-0.2, -0.15) is 0 Å². The van der Waals surface area contributed by atoms with Gasteiger partial charge in [-0.15, -0.1) is 0 Å². The lowest BCUT2D eigenvalue weighted by atomic mass is 10.0. The van der Waals surface area contributed by atoms with Gasteiger partial charge in [-0.1, -0.05) is 18.2 Å². The molecule has 4 rings (SSSR count).